The molecule has 4 atom stereocenters. The maximum Gasteiger partial charge on any atom is 0.289 e. The number of benzene rings is 2. The van der Waals surface area contributed by atoms with Gasteiger partial charge in [0, 0.05) is 37.3 Å². The number of rotatable bonds is 15. The number of carbonyl (C=O) groups is 2. The van der Waals surface area contributed by atoms with Crippen molar-refractivity contribution in [3.05, 3.63) is 102 Å². The molecule has 1 aliphatic rings. The first-order valence-electron chi connectivity index (χ1n) is 17.0. The van der Waals surface area contributed by atoms with E-state index in [9.17, 15) is 24.9 Å². The Morgan fingerprint density at radius 2 is 1.61 bits per heavy atom. The van der Waals surface area contributed by atoms with E-state index in [-0.39, 0.29) is 43.8 Å². The average molecular weight is 697 g/mol. The Morgan fingerprint density at radius 1 is 0.941 bits per heavy atom. The molecule has 6 N–H and O–H groups in total. The van der Waals surface area contributed by atoms with E-state index in [1.807, 2.05) is 50.5 Å². The fourth-order valence-corrected chi connectivity index (χ4v) is 6.49. The van der Waals surface area contributed by atoms with Gasteiger partial charge >= 0.3 is 0 Å². The number of aromatic nitrogens is 6. The smallest absolute Gasteiger partial charge is 0.289 e. The normalized spacial score (nSPS) is 18.8. The molecule has 0 aliphatic heterocycles. The van der Waals surface area contributed by atoms with Gasteiger partial charge in [0.2, 0.25) is 11.7 Å². The number of likely N-dealkylation sites (N-methyl/N-ethyl adjacent to an activating group) is 1. The Kier molecular flexibility index (Phi) is 11.3. The number of aliphatic hydroxyl groups excluding tert-OH is 3. The summed E-state index contributed by atoms with van der Waals surface area (Å²) in [6, 6.07) is 19.0. The fourth-order valence-electron chi connectivity index (χ4n) is 6.49. The zero-order chi connectivity index (χ0) is 35.9. The second-order valence-electron chi connectivity index (χ2n) is 13.0. The number of carbonyl (C=O) groups excluding carboxylic acids is 2. The molecule has 15 nitrogen and oxygen atoms in total. The molecule has 15 heteroatoms. The van der Waals surface area contributed by atoms with E-state index in [1.165, 1.54) is 6.20 Å². The summed E-state index contributed by atoms with van der Waals surface area (Å²) < 4.78 is 3.23. The highest BCUT2D eigenvalue weighted by molar-refractivity contribution is 5.94. The van der Waals surface area contributed by atoms with Gasteiger partial charge in [-0.25, -0.2) is 15.0 Å². The van der Waals surface area contributed by atoms with Gasteiger partial charge in [0.25, 0.3) is 5.91 Å². The number of imidazole rings is 1. The first-order valence-corrected chi connectivity index (χ1v) is 17.0. The maximum absolute atomic E-state index is 13.5. The topological polar surface area (TPSA) is 196 Å². The molecule has 2 amide bonds. The van der Waals surface area contributed by atoms with Crippen molar-refractivity contribution in [2.75, 3.05) is 45.6 Å². The van der Waals surface area contributed by atoms with Crippen molar-refractivity contribution in [3.63, 3.8) is 0 Å². The van der Waals surface area contributed by atoms with E-state index >= 15 is 0 Å². The van der Waals surface area contributed by atoms with Gasteiger partial charge in [-0.05, 0) is 38.1 Å². The second-order valence-corrected chi connectivity index (χ2v) is 13.0. The quantitative estimate of drug-likeness (QED) is 0.0868. The minimum atomic E-state index is -1.19. The van der Waals surface area contributed by atoms with E-state index in [4.69, 9.17) is 0 Å². The Balaban J connectivity index is 1.28. The van der Waals surface area contributed by atoms with Crippen LogP contribution >= 0.6 is 0 Å². The lowest BCUT2D eigenvalue weighted by Crippen LogP contribution is -2.35. The van der Waals surface area contributed by atoms with E-state index in [0.29, 0.717) is 42.1 Å². The molecule has 1 saturated carbocycles. The number of hydrogen-bond acceptors (Lipinski definition) is 11. The van der Waals surface area contributed by atoms with Gasteiger partial charge in [-0.15, -0.1) is 0 Å². The SMILES string of the molecule is CN(C)CC(=O)NCCCNC(=O)c1nc(NCC(c2ccccc2)c2ccccc2)c2ncn([C@@H]3C[C@H](n4cc(CO)cn4)[C@@H](O)[C@H]3O)c2n1. The van der Waals surface area contributed by atoms with E-state index in [2.05, 4.69) is 60.3 Å². The van der Waals surface area contributed by atoms with Gasteiger partial charge in [0.05, 0.1) is 37.8 Å². The Bertz CT molecular complexity index is 1880. The van der Waals surface area contributed by atoms with Crippen LogP contribution in [0.25, 0.3) is 11.2 Å². The molecule has 2 aromatic carbocycles. The number of anilines is 1. The summed E-state index contributed by atoms with van der Waals surface area (Å²) >= 11 is 0. The molecule has 0 spiro atoms. The number of hydrogen-bond donors (Lipinski definition) is 6. The van der Waals surface area contributed by atoms with Crippen molar-refractivity contribution < 1.29 is 24.9 Å². The molecule has 0 saturated heterocycles. The molecule has 0 unspecified atom stereocenters. The zero-order valence-electron chi connectivity index (χ0n) is 28.6. The molecule has 3 heterocycles. The minimum Gasteiger partial charge on any atom is -0.392 e. The largest absolute Gasteiger partial charge is 0.392 e. The summed E-state index contributed by atoms with van der Waals surface area (Å²) in [6.07, 6.45) is 3.15. The molecule has 1 fully saturated rings. The van der Waals surface area contributed by atoms with E-state index in [0.717, 1.165) is 11.1 Å². The molecule has 3 aromatic heterocycles. The number of aliphatic hydroxyl groups is 3. The van der Waals surface area contributed by atoms with Crippen LogP contribution in [-0.2, 0) is 11.4 Å². The van der Waals surface area contributed by atoms with Gasteiger partial charge < -0.3 is 40.7 Å². The zero-order valence-corrected chi connectivity index (χ0v) is 28.6. The molecule has 0 radical (unpaired) electrons. The van der Waals surface area contributed by atoms with Crippen molar-refractivity contribution in [2.24, 2.45) is 0 Å². The van der Waals surface area contributed by atoms with Crippen LogP contribution in [0.2, 0.25) is 0 Å². The predicted octanol–water partition coefficient (Wildman–Crippen LogP) is 1.46. The molecular weight excluding hydrogens is 652 g/mol. The van der Waals surface area contributed by atoms with Crippen LogP contribution in [-0.4, -0.2) is 114 Å². The van der Waals surface area contributed by atoms with Crippen LogP contribution < -0.4 is 16.0 Å². The third-order valence-corrected chi connectivity index (χ3v) is 9.08. The summed E-state index contributed by atoms with van der Waals surface area (Å²) in [6.45, 7) is 1.19. The molecule has 51 heavy (non-hydrogen) atoms. The summed E-state index contributed by atoms with van der Waals surface area (Å²) in [7, 11) is 3.63. The first kappa shape index (κ1) is 35.6. The van der Waals surface area contributed by atoms with Crippen molar-refractivity contribution in [1.29, 1.82) is 0 Å². The van der Waals surface area contributed by atoms with Crippen LogP contribution in [0.3, 0.4) is 0 Å². The van der Waals surface area contributed by atoms with Gasteiger partial charge in [-0.3, -0.25) is 14.3 Å². The highest BCUT2D eigenvalue weighted by atomic mass is 16.3. The number of nitrogens with one attached hydrogen (secondary N) is 3. The monoisotopic (exact) mass is 696 g/mol. The molecule has 1 aliphatic carbocycles. The maximum atomic E-state index is 13.5. The average Bonchev–Trinajstić information content (AvgIpc) is 3.86. The second kappa shape index (κ2) is 16.2. The van der Waals surface area contributed by atoms with E-state index in [1.54, 1.807) is 26.7 Å². The molecule has 6 rings (SSSR count). The third-order valence-electron chi connectivity index (χ3n) is 9.08. The standard InChI is InChI=1S/C36H44N10O5/c1-44(2)20-29(48)37-14-9-15-38-36(51)34-42-33(39-18-26(24-10-5-3-6-11-24)25-12-7-4-8-13-25)30-35(43-34)45(22-40-30)27-16-28(32(50)31(27)49)46-19-23(21-47)17-41-46/h3-8,10-13,17,19,22,26-28,31-32,47,49-50H,9,14-16,18,20-21H2,1-2H3,(H,37,48)(H,38,51)(H,39,42,43)/t27-,28+,31+,32-/m1/s1. The Morgan fingerprint density at radius 3 is 2.25 bits per heavy atom. The highest BCUT2D eigenvalue weighted by Crippen LogP contribution is 2.40. The van der Waals surface area contributed by atoms with Gasteiger partial charge in [0.15, 0.2) is 11.5 Å². The summed E-state index contributed by atoms with van der Waals surface area (Å²) in [5.41, 5.74) is 3.51. The third kappa shape index (κ3) is 8.23. The first-order chi connectivity index (χ1) is 24.7. The molecule has 268 valence electrons. The summed E-state index contributed by atoms with van der Waals surface area (Å²) in [5, 5.41) is 45.2. The number of nitrogens with zero attached hydrogens (tertiary/aromatic N) is 7. The highest BCUT2D eigenvalue weighted by Gasteiger charge is 2.44. The Labute approximate surface area is 295 Å². The van der Waals surface area contributed by atoms with Crippen molar-refractivity contribution in [2.45, 2.75) is 49.7 Å². The van der Waals surface area contributed by atoms with Gasteiger partial charge in [0.1, 0.15) is 17.7 Å². The van der Waals surface area contributed by atoms with Crippen molar-refractivity contribution in [1.82, 2.24) is 44.8 Å². The lowest BCUT2D eigenvalue weighted by Gasteiger charge is -2.20. The molecule has 0 bridgehead atoms. The van der Waals surface area contributed by atoms with Crippen molar-refractivity contribution in [3.8, 4) is 0 Å². The number of fused-ring (bicyclic) bond motifs is 1. The van der Waals surface area contributed by atoms with Crippen LogP contribution in [0.5, 0.6) is 0 Å². The molecule has 5 aromatic rings. The fraction of sp³-hybridized carbons (Fsp3) is 0.389. The predicted molar refractivity (Wildman–Crippen MR) is 190 cm³/mol. The van der Waals surface area contributed by atoms with Crippen LogP contribution in [0.4, 0.5) is 5.82 Å². The van der Waals surface area contributed by atoms with Gasteiger partial charge in [-0.2, -0.15) is 5.10 Å². The van der Waals surface area contributed by atoms with Crippen molar-refractivity contribution >= 4 is 28.8 Å². The lowest BCUT2D eigenvalue weighted by atomic mass is 9.91. The van der Waals surface area contributed by atoms with E-state index < -0.39 is 30.2 Å². The lowest BCUT2D eigenvalue weighted by molar-refractivity contribution is -0.121. The molecular formula is C36H44N10O5. The minimum absolute atomic E-state index is 0.0510. The van der Waals surface area contributed by atoms with Crippen LogP contribution in [0.15, 0.2) is 79.4 Å². The summed E-state index contributed by atoms with van der Waals surface area (Å²) in [5.74, 6) is -0.404. The number of amides is 2. The Hall–Kier alpha value is -5.22. The van der Waals surface area contributed by atoms with Crippen LogP contribution in [0.1, 0.15) is 58.2 Å². The summed E-state index contributed by atoms with van der Waals surface area (Å²) in [4.78, 5) is 41.1. The van der Waals surface area contributed by atoms with Gasteiger partial charge in [-0.1, -0.05) is 60.7 Å². The van der Waals surface area contributed by atoms with Crippen LogP contribution in [0, 0.1) is 0 Å².